The van der Waals surface area contributed by atoms with Gasteiger partial charge in [0.15, 0.2) is 0 Å². The number of carbonyl (C=O) groups is 1. The number of amides is 1. The van der Waals surface area contributed by atoms with Gasteiger partial charge in [-0.15, -0.1) is 0 Å². The van der Waals surface area contributed by atoms with Crippen LogP contribution in [0.25, 0.3) is 0 Å². The molecule has 0 radical (unpaired) electrons. The molecule has 0 saturated heterocycles. The molecule has 0 heterocycles. The van der Waals surface area contributed by atoms with Crippen molar-refractivity contribution in [2.24, 2.45) is 5.10 Å². The second-order valence-electron chi connectivity index (χ2n) is 6.56. The number of nitrogens with zero attached hydrogens (tertiary/aromatic N) is 1. The van der Waals surface area contributed by atoms with Crippen LogP contribution < -0.4 is 19.6 Å². The molecule has 0 unspecified atom stereocenters. The van der Waals surface area contributed by atoms with E-state index in [-0.39, 0.29) is 10.5 Å². The number of ether oxygens (including phenoxy) is 2. The highest BCUT2D eigenvalue weighted by Gasteiger charge is 2.16. The zero-order valence-electron chi connectivity index (χ0n) is 17.6. The molecule has 2 N–H and O–H groups in total. The third-order valence-electron chi connectivity index (χ3n) is 4.32. The first kappa shape index (κ1) is 22.8. The Kier molecular flexibility index (Phi) is 7.45. The van der Waals surface area contributed by atoms with E-state index in [9.17, 15) is 13.2 Å². The molecule has 0 spiro atoms. The first-order valence-electron chi connectivity index (χ1n) is 9.74. The highest BCUT2D eigenvalue weighted by molar-refractivity contribution is 7.92. The van der Waals surface area contributed by atoms with Crippen LogP contribution in [0.5, 0.6) is 11.5 Å². The number of rotatable bonds is 9. The second-order valence-corrected chi connectivity index (χ2v) is 8.25. The molecule has 0 aromatic heterocycles. The predicted molar refractivity (Wildman–Crippen MR) is 123 cm³/mol. The number of hydrogen-bond donors (Lipinski definition) is 2. The Labute approximate surface area is 186 Å². The molecule has 0 bridgehead atoms. The molecule has 0 saturated carbocycles. The minimum Gasteiger partial charge on any atom is -0.497 e. The Morgan fingerprint density at radius 3 is 2.34 bits per heavy atom. The van der Waals surface area contributed by atoms with Crippen LogP contribution in [0.1, 0.15) is 22.8 Å². The van der Waals surface area contributed by atoms with Gasteiger partial charge in [0.1, 0.15) is 11.5 Å². The number of carbonyl (C=O) groups excluding carboxylic acids is 1. The van der Waals surface area contributed by atoms with Gasteiger partial charge >= 0.3 is 0 Å². The van der Waals surface area contributed by atoms with E-state index in [1.807, 2.05) is 6.92 Å². The summed E-state index contributed by atoms with van der Waals surface area (Å²) in [6.07, 6.45) is 1.49. The molecule has 32 heavy (non-hydrogen) atoms. The van der Waals surface area contributed by atoms with Crippen LogP contribution in [0.15, 0.2) is 82.8 Å². The summed E-state index contributed by atoms with van der Waals surface area (Å²) in [6, 6.07) is 19.4. The summed E-state index contributed by atoms with van der Waals surface area (Å²) in [5.41, 5.74) is 3.70. The molecule has 1 amide bonds. The van der Waals surface area contributed by atoms with Crippen LogP contribution in [-0.2, 0) is 10.0 Å². The lowest BCUT2D eigenvalue weighted by Crippen LogP contribution is -2.19. The monoisotopic (exact) mass is 453 g/mol. The Bertz CT molecular complexity index is 1190. The number of nitrogens with one attached hydrogen (secondary N) is 2. The molecule has 8 nitrogen and oxygen atoms in total. The van der Waals surface area contributed by atoms with Crippen LogP contribution in [0.4, 0.5) is 5.69 Å². The smallest absolute Gasteiger partial charge is 0.271 e. The quantitative estimate of drug-likeness (QED) is 0.380. The van der Waals surface area contributed by atoms with Crippen molar-refractivity contribution in [3.63, 3.8) is 0 Å². The molecular formula is C23H23N3O5S. The van der Waals surface area contributed by atoms with E-state index in [1.54, 1.807) is 48.5 Å². The minimum absolute atomic E-state index is 0.0449. The fraction of sp³-hybridized carbons (Fsp3) is 0.130. The first-order valence-corrected chi connectivity index (χ1v) is 11.2. The molecule has 3 rings (SSSR count). The topological polar surface area (TPSA) is 106 Å². The van der Waals surface area contributed by atoms with Crippen molar-refractivity contribution in [1.82, 2.24) is 5.43 Å². The van der Waals surface area contributed by atoms with Crippen molar-refractivity contribution in [3.05, 3.63) is 83.9 Å². The average molecular weight is 454 g/mol. The van der Waals surface area contributed by atoms with E-state index in [1.165, 1.54) is 37.6 Å². The largest absolute Gasteiger partial charge is 0.497 e. The van der Waals surface area contributed by atoms with E-state index in [0.717, 1.165) is 11.3 Å². The maximum absolute atomic E-state index is 12.7. The number of hydrogen-bond acceptors (Lipinski definition) is 6. The summed E-state index contributed by atoms with van der Waals surface area (Å²) in [6.45, 7) is 2.48. The summed E-state index contributed by atoms with van der Waals surface area (Å²) in [4.78, 5) is 12.4. The zero-order valence-corrected chi connectivity index (χ0v) is 18.4. The molecule has 3 aromatic rings. The van der Waals surface area contributed by atoms with E-state index < -0.39 is 15.9 Å². The van der Waals surface area contributed by atoms with Gasteiger partial charge in [-0.05, 0) is 79.2 Å². The standard InChI is InChI=1S/C23H23N3O5S/c1-3-31-21-11-7-17(8-12-21)16-24-25-23(27)18-5-4-6-22(15-18)32(28,29)26-19-9-13-20(30-2)14-10-19/h4-16,26H,3H2,1-2H3,(H,25,27)/b24-16+. The predicted octanol–water partition coefficient (Wildman–Crippen LogP) is 3.66. The fourth-order valence-electron chi connectivity index (χ4n) is 2.72. The Balaban J connectivity index is 1.66. The maximum Gasteiger partial charge on any atom is 0.271 e. The van der Waals surface area contributed by atoms with Gasteiger partial charge in [-0.25, -0.2) is 13.8 Å². The third kappa shape index (κ3) is 6.08. The van der Waals surface area contributed by atoms with Crippen molar-refractivity contribution in [2.75, 3.05) is 18.4 Å². The minimum atomic E-state index is -3.88. The van der Waals surface area contributed by atoms with Crippen LogP contribution in [0.2, 0.25) is 0 Å². The van der Waals surface area contributed by atoms with Crippen LogP contribution >= 0.6 is 0 Å². The molecular weight excluding hydrogens is 430 g/mol. The van der Waals surface area contributed by atoms with Crippen LogP contribution in [0.3, 0.4) is 0 Å². The molecule has 0 aliphatic carbocycles. The van der Waals surface area contributed by atoms with E-state index in [2.05, 4.69) is 15.2 Å². The van der Waals surface area contributed by atoms with Crippen molar-refractivity contribution in [1.29, 1.82) is 0 Å². The fourth-order valence-corrected chi connectivity index (χ4v) is 3.83. The molecule has 0 aliphatic rings. The van der Waals surface area contributed by atoms with Gasteiger partial charge in [-0.1, -0.05) is 6.07 Å². The van der Waals surface area contributed by atoms with Gasteiger partial charge in [0.25, 0.3) is 15.9 Å². The lowest BCUT2D eigenvalue weighted by molar-refractivity contribution is 0.0955. The van der Waals surface area contributed by atoms with Crippen LogP contribution in [0, 0.1) is 0 Å². The highest BCUT2D eigenvalue weighted by atomic mass is 32.2. The summed E-state index contributed by atoms with van der Waals surface area (Å²) in [5, 5.41) is 3.93. The zero-order chi connectivity index (χ0) is 23.0. The summed E-state index contributed by atoms with van der Waals surface area (Å²) in [7, 11) is -2.36. The molecule has 0 aliphatic heterocycles. The van der Waals surface area contributed by atoms with Crippen LogP contribution in [-0.4, -0.2) is 34.3 Å². The number of benzene rings is 3. The van der Waals surface area contributed by atoms with E-state index in [0.29, 0.717) is 18.0 Å². The number of sulfonamides is 1. The maximum atomic E-state index is 12.7. The van der Waals surface area contributed by atoms with Gasteiger partial charge in [0.2, 0.25) is 0 Å². The Hall–Kier alpha value is -3.85. The molecule has 0 atom stereocenters. The lowest BCUT2D eigenvalue weighted by Gasteiger charge is -2.10. The number of hydrazone groups is 1. The van der Waals surface area contributed by atoms with Crippen molar-refractivity contribution < 1.29 is 22.7 Å². The van der Waals surface area contributed by atoms with E-state index >= 15 is 0 Å². The van der Waals surface area contributed by atoms with Gasteiger partial charge in [0, 0.05) is 11.3 Å². The highest BCUT2D eigenvalue weighted by Crippen LogP contribution is 2.20. The normalized spacial score (nSPS) is 11.2. The molecule has 166 valence electrons. The second kappa shape index (κ2) is 10.5. The molecule has 0 fully saturated rings. The number of anilines is 1. The van der Waals surface area contributed by atoms with Crippen molar-refractivity contribution in [3.8, 4) is 11.5 Å². The molecule has 3 aromatic carbocycles. The Morgan fingerprint density at radius 2 is 1.69 bits per heavy atom. The third-order valence-corrected chi connectivity index (χ3v) is 5.70. The molecule has 9 heteroatoms. The van der Waals surface area contributed by atoms with Gasteiger partial charge in [-0.2, -0.15) is 5.10 Å². The Morgan fingerprint density at radius 1 is 1.00 bits per heavy atom. The summed E-state index contributed by atoms with van der Waals surface area (Å²) < 4.78 is 38.3. The van der Waals surface area contributed by atoms with Gasteiger partial charge in [-0.3, -0.25) is 9.52 Å². The number of methoxy groups -OCH3 is 1. The van der Waals surface area contributed by atoms with Crippen molar-refractivity contribution in [2.45, 2.75) is 11.8 Å². The first-order chi connectivity index (χ1) is 15.4. The van der Waals surface area contributed by atoms with E-state index in [4.69, 9.17) is 9.47 Å². The van der Waals surface area contributed by atoms with Gasteiger partial charge in [0.05, 0.1) is 24.8 Å². The summed E-state index contributed by atoms with van der Waals surface area (Å²) >= 11 is 0. The summed E-state index contributed by atoms with van der Waals surface area (Å²) in [5.74, 6) is 0.820. The SMILES string of the molecule is CCOc1ccc(/C=N/NC(=O)c2cccc(S(=O)(=O)Nc3ccc(OC)cc3)c2)cc1. The average Bonchev–Trinajstić information content (AvgIpc) is 2.81. The lowest BCUT2D eigenvalue weighted by atomic mass is 10.2. The van der Waals surface area contributed by atoms with Gasteiger partial charge < -0.3 is 9.47 Å². The van der Waals surface area contributed by atoms with Crippen molar-refractivity contribution >= 4 is 27.8 Å².